The summed E-state index contributed by atoms with van der Waals surface area (Å²) in [5.41, 5.74) is 4.02. The van der Waals surface area contributed by atoms with Crippen molar-refractivity contribution in [2.75, 3.05) is 5.32 Å². The molecule has 0 aliphatic carbocycles. The van der Waals surface area contributed by atoms with Gasteiger partial charge in [0.1, 0.15) is 0 Å². The zero-order chi connectivity index (χ0) is 11.4. The van der Waals surface area contributed by atoms with E-state index in [-0.39, 0.29) is 0 Å². The number of hydrogen-bond acceptors (Lipinski definition) is 1. The molecule has 0 radical (unpaired) electrons. The van der Waals surface area contributed by atoms with E-state index in [0.29, 0.717) is 12.0 Å². The third-order valence-corrected chi connectivity index (χ3v) is 3.19. The molecule has 0 aliphatic heterocycles. The number of aryl methyl sites for hydroxylation is 1. The van der Waals surface area contributed by atoms with E-state index in [0.717, 1.165) is 0 Å². The normalized spacial score (nSPS) is 12.9. The fraction of sp³-hybridized carbons (Fsp3) is 0.571. The van der Waals surface area contributed by atoms with Crippen LogP contribution in [0.3, 0.4) is 0 Å². The summed E-state index contributed by atoms with van der Waals surface area (Å²) in [6.45, 7) is 11.1. The Balaban J connectivity index is 2.84. The molecule has 0 aliphatic rings. The monoisotopic (exact) mass is 205 g/mol. The maximum atomic E-state index is 3.64. The summed E-state index contributed by atoms with van der Waals surface area (Å²) < 4.78 is 0. The largest absolute Gasteiger partial charge is 0.382 e. The fourth-order valence-corrected chi connectivity index (χ4v) is 1.85. The first-order chi connectivity index (χ1) is 7.06. The molecule has 0 bridgehead atoms. The summed E-state index contributed by atoms with van der Waals surface area (Å²) in [4.78, 5) is 0. The van der Waals surface area contributed by atoms with Crippen molar-refractivity contribution in [2.24, 2.45) is 5.92 Å². The molecule has 0 saturated carbocycles. The first kappa shape index (κ1) is 12.1. The van der Waals surface area contributed by atoms with E-state index in [9.17, 15) is 0 Å². The zero-order valence-electron chi connectivity index (χ0n) is 10.6. The molecule has 84 valence electrons. The van der Waals surface area contributed by atoms with Crippen molar-refractivity contribution in [3.05, 3.63) is 29.3 Å². The molecule has 1 nitrogen and oxygen atoms in total. The molecular formula is C14H23N. The van der Waals surface area contributed by atoms with Gasteiger partial charge in [0.15, 0.2) is 0 Å². The van der Waals surface area contributed by atoms with Crippen LogP contribution in [0.25, 0.3) is 0 Å². The Morgan fingerprint density at radius 2 is 1.87 bits per heavy atom. The van der Waals surface area contributed by atoms with Crippen molar-refractivity contribution in [1.82, 2.24) is 0 Å². The molecule has 15 heavy (non-hydrogen) atoms. The lowest BCUT2D eigenvalue weighted by Crippen LogP contribution is -2.25. The summed E-state index contributed by atoms with van der Waals surface area (Å²) in [6, 6.07) is 7.03. The Labute approximate surface area is 93.9 Å². The minimum Gasteiger partial charge on any atom is -0.382 e. The predicted octanol–water partition coefficient (Wildman–Crippen LogP) is 4.15. The van der Waals surface area contributed by atoms with Crippen LogP contribution in [0.15, 0.2) is 18.2 Å². The number of benzene rings is 1. The SMILES string of the molecule is CCC(Nc1cccc(C)c1C)C(C)C. The van der Waals surface area contributed by atoms with E-state index < -0.39 is 0 Å². The highest BCUT2D eigenvalue weighted by atomic mass is 14.9. The molecule has 1 atom stereocenters. The van der Waals surface area contributed by atoms with Gasteiger partial charge >= 0.3 is 0 Å². The van der Waals surface area contributed by atoms with Crippen molar-refractivity contribution in [3.63, 3.8) is 0 Å². The molecule has 0 aromatic heterocycles. The summed E-state index contributed by atoms with van der Waals surface area (Å²) in [5.74, 6) is 0.676. The number of hydrogen-bond donors (Lipinski definition) is 1. The molecule has 1 unspecified atom stereocenters. The first-order valence-electron chi connectivity index (χ1n) is 5.89. The molecule has 0 amide bonds. The first-order valence-corrected chi connectivity index (χ1v) is 5.89. The van der Waals surface area contributed by atoms with Gasteiger partial charge in [-0.25, -0.2) is 0 Å². The van der Waals surface area contributed by atoms with Gasteiger partial charge < -0.3 is 5.32 Å². The molecule has 0 fully saturated rings. The second kappa shape index (κ2) is 5.20. The summed E-state index contributed by atoms with van der Waals surface area (Å²) in [5, 5.41) is 3.64. The Bertz CT molecular complexity index is 315. The summed E-state index contributed by atoms with van der Waals surface area (Å²) in [6.07, 6.45) is 1.17. The van der Waals surface area contributed by atoms with Gasteiger partial charge in [-0.1, -0.05) is 32.9 Å². The fourth-order valence-electron chi connectivity index (χ4n) is 1.85. The maximum Gasteiger partial charge on any atom is 0.0374 e. The lowest BCUT2D eigenvalue weighted by atomic mass is 10.00. The van der Waals surface area contributed by atoms with Gasteiger partial charge in [-0.3, -0.25) is 0 Å². The van der Waals surface area contributed by atoms with Crippen molar-refractivity contribution >= 4 is 5.69 Å². The topological polar surface area (TPSA) is 12.0 Å². The Kier molecular flexibility index (Phi) is 4.19. The van der Waals surface area contributed by atoms with E-state index >= 15 is 0 Å². The van der Waals surface area contributed by atoms with Crippen LogP contribution >= 0.6 is 0 Å². The van der Waals surface area contributed by atoms with E-state index in [4.69, 9.17) is 0 Å². The van der Waals surface area contributed by atoms with Gasteiger partial charge in [-0.15, -0.1) is 0 Å². The zero-order valence-corrected chi connectivity index (χ0v) is 10.6. The molecular weight excluding hydrogens is 182 g/mol. The minimum absolute atomic E-state index is 0.575. The third kappa shape index (κ3) is 2.98. The van der Waals surface area contributed by atoms with E-state index in [1.807, 2.05) is 0 Å². The number of nitrogens with one attached hydrogen (secondary N) is 1. The lowest BCUT2D eigenvalue weighted by molar-refractivity contribution is 0.511. The van der Waals surface area contributed by atoms with Gasteiger partial charge in [-0.2, -0.15) is 0 Å². The molecule has 0 saturated heterocycles. The highest BCUT2D eigenvalue weighted by Crippen LogP contribution is 2.21. The summed E-state index contributed by atoms with van der Waals surface area (Å²) >= 11 is 0. The highest BCUT2D eigenvalue weighted by Gasteiger charge is 2.11. The molecule has 0 spiro atoms. The van der Waals surface area contributed by atoms with Gasteiger partial charge in [-0.05, 0) is 43.4 Å². The average Bonchev–Trinajstić information content (AvgIpc) is 2.19. The standard InChI is InChI=1S/C14H23N/c1-6-13(10(2)3)15-14-9-7-8-11(4)12(14)5/h7-10,13,15H,6H2,1-5H3. The highest BCUT2D eigenvalue weighted by molar-refractivity contribution is 5.54. The van der Waals surface area contributed by atoms with Crippen molar-refractivity contribution < 1.29 is 0 Å². The lowest BCUT2D eigenvalue weighted by Gasteiger charge is -2.23. The van der Waals surface area contributed by atoms with Crippen LogP contribution in [0.5, 0.6) is 0 Å². The van der Waals surface area contributed by atoms with Gasteiger partial charge in [0.25, 0.3) is 0 Å². The smallest absolute Gasteiger partial charge is 0.0374 e. The van der Waals surface area contributed by atoms with Gasteiger partial charge in [0.2, 0.25) is 0 Å². The predicted molar refractivity (Wildman–Crippen MR) is 68.5 cm³/mol. The second-order valence-electron chi connectivity index (χ2n) is 4.65. The second-order valence-corrected chi connectivity index (χ2v) is 4.65. The van der Waals surface area contributed by atoms with Crippen LogP contribution in [-0.2, 0) is 0 Å². The van der Waals surface area contributed by atoms with Crippen LogP contribution in [0.4, 0.5) is 5.69 Å². The maximum absolute atomic E-state index is 3.64. The Hall–Kier alpha value is -0.980. The quantitative estimate of drug-likeness (QED) is 0.778. The van der Waals surface area contributed by atoms with Gasteiger partial charge in [0, 0.05) is 11.7 Å². The van der Waals surface area contributed by atoms with E-state index in [1.54, 1.807) is 0 Å². The van der Waals surface area contributed by atoms with Crippen molar-refractivity contribution in [3.8, 4) is 0 Å². The molecule has 1 aromatic carbocycles. The molecule has 1 N–H and O–H groups in total. The third-order valence-electron chi connectivity index (χ3n) is 3.19. The molecule has 1 rings (SSSR count). The van der Waals surface area contributed by atoms with Crippen molar-refractivity contribution in [1.29, 1.82) is 0 Å². The van der Waals surface area contributed by atoms with Crippen LogP contribution in [0, 0.1) is 19.8 Å². The number of anilines is 1. The van der Waals surface area contributed by atoms with Crippen molar-refractivity contribution in [2.45, 2.75) is 47.1 Å². The molecule has 1 aromatic rings. The summed E-state index contributed by atoms with van der Waals surface area (Å²) in [7, 11) is 0. The minimum atomic E-state index is 0.575. The number of rotatable bonds is 4. The average molecular weight is 205 g/mol. The Morgan fingerprint density at radius 1 is 1.20 bits per heavy atom. The Morgan fingerprint density at radius 3 is 2.40 bits per heavy atom. The van der Waals surface area contributed by atoms with Crippen LogP contribution in [-0.4, -0.2) is 6.04 Å². The molecule has 0 heterocycles. The van der Waals surface area contributed by atoms with E-state index in [1.165, 1.54) is 23.2 Å². The van der Waals surface area contributed by atoms with E-state index in [2.05, 4.69) is 58.1 Å². The van der Waals surface area contributed by atoms with Crippen LogP contribution in [0.1, 0.15) is 38.3 Å². The molecule has 1 heteroatoms. The van der Waals surface area contributed by atoms with Gasteiger partial charge in [0.05, 0.1) is 0 Å². The van der Waals surface area contributed by atoms with Crippen LogP contribution in [0.2, 0.25) is 0 Å². The van der Waals surface area contributed by atoms with Crippen LogP contribution < -0.4 is 5.32 Å².